The second-order valence-electron chi connectivity index (χ2n) is 3.63. The maximum atomic E-state index is 10.7. The van der Waals surface area contributed by atoms with Crippen molar-refractivity contribution in [3.05, 3.63) is 33.9 Å². The van der Waals surface area contributed by atoms with Crippen molar-refractivity contribution in [1.82, 2.24) is 5.32 Å². The maximum Gasteiger partial charge on any atom is 0.271 e. The van der Waals surface area contributed by atoms with E-state index in [2.05, 4.69) is 10.6 Å². The molecule has 0 heterocycles. The van der Waals surface area contributed by atoms with Gasteiger partial charge in [-0.25, -0.2) is 0 Å². The topological polar surface area (TPSA) is 76.4 Å². The molecule has 18 heavy (non-hydrogen) atoms. The van der Waals surface area contributed by atoms with Crippen molar-refractivity contribution >= 4 is 28.7 Å². The molecular weight excluding hydrogens is 254 g/mol. The van der Waals surface area contributed by atoms with Crippen LogP contribution in [0.3, 0.4) is 0 Å². The monoisotopic (exact) mass is 269 g/mol. The molecule has 0 spiro atoms. The molecule has 2 N–H and O–H groups in total. The molecule has 0 aromatic heterocycles. The third kappa shape index (κ3) is 4.27. The Kier molecular flexibility index (Phi) is 5.47. The first-order chi connectivity index (χ1) is 8.54. The normalized spacial score (nSPS) is 9.89. The summed E-state index contributed by atoms with van der Waals surface area (Å²) >= 11 is 5.07. The summed E-state index contributed by atoms with van der Waals surface area (Å²) in [6.07, 6.45) is 0. The maximum absolute atomic E-state index is 10.7. The van der Waals surface area contributed by atoms with Gasteiger partial charge in [-0.2, -0.15) is 0 Å². The fraction of sp³-hybridized carbons (Fsp3) is 0.364. The molecule has 7 heteroatoms. The molecule has 0 unspecified atom stereocenters. The van der Waals surface area contributed by atoms with Crippen molar-refractivity contribution in [1.29, 1.82) is 0 Å². The van der Waals surface area contributed by atoms with Crippen LogP contribution in [0.15, 0.2) is 18.2 Å². The number of hydrogen-bond donors (Lipinski definition) is 2. The number of nitro benzene ring substituents is 1. The molecule has 0 aliphatic heterocycles. The van der Waals surface area contributed by atoms with Gasteiger partial charge in [0, 0.05) is 31.5 Å². The van der Waals surface area contributed by atoms with Crippen LogP contribution in [0.5, 0.6) is 0 Å². The van der Waals surface area contributed by atoms with Crippen molar-refractivity contribution in [3.8, 4) is 0 Å². The van der Waals surface area contributed by atoms with Gasteiger partial charge in [0.25, 0.3) is 5.69 Å². The van der Waals surface area contributed by atoms with E-state index in [1.165, 1.54) is 12.1 Å². The zero-order valence-corrected chi connectivity index (χ0v) is 11.0. The first-order valence-electron chi connectivity index (χ1n) is 5.33. The number of aryl methyl sites for hydroxylation is 1. The summed E-state index contributed by atoms with van der Waals surface area (Å²) in [6, 6.07) is 4.60. The summed E-state index contributed by atoms with van der Waals surface area (Å²) in [5.74, 6) is 0. The summed E-state index contributed by atoms with van der Waals surface area (Å²) in [6.45, 7) is 2.97. The molecule has 0 amide bonds. The highest BCUT2D eigenvalue weighted by Crippen LogP contribution is 2.21. The minimum Gasteiger partial charge on any atom is -0.383 e. The Labute approximate surface area is 110 Å². The predicted molar refractivity (Wildman–Crippen MR) is 73.9 cm³/mol. The Morgan fingerprint density at radius 2 is 2.28 bits per heavy atom. The molecule has 1 aromatic rings. The highest BCUT2D eigenvalue weighted by Gasteiger charge is 2.09. The molecule has 0 radical (unpaired) electrons. The van der Waals surface area contributed by atoms with Crippen LogP contribution in [0.4, 0.5) is 11.4 Å². The van der Waals surface area contributed by atoms with Gasteiger partial charge in [0.05, 0.1) is 11.5 Å². The fourth-order valence-electron chi connectivity index (χ4n) is 1.29. The second-order valence-corrected chi connectivity index (χ2v) is 4.04. The smallest absolute Gasteiger partial charge is 0.271 e. The van der Waals surface area contributed by atoms with Crippen LogP contribution < -0.4 is 10.6 Å². The summed E-state index contributed by atoms with van der Waals surface area (Å²) < 4.78 is 4.88. The molecule has 98 valence electrons. The van der Waals surface area contributed by atoms with Gasteiger partial charge in [0.15, 0.2) is 5.11 Å². The molecule has 0 saturated heterocycles. The lowest BCUT2D eigenvalue weighted by molar-refractivity contribution is -0.384. The van der Waals surface area contributed by atoms with Gasteiger partial charge in [-0.1, -0.05) is 6.07 Å². The van der Waals surface area contributed by atoms with Crippen molar-refractivity contribution in [2.24, 2.45) is 0 Å². The van der Waals surface area contributed by atoms with Crippen LogP contribution in [-0.4, -0.2) is 30.3 Å². The average Bonchev–Trinajstić information content (AvgIpc) is 2.32. The lowest BCUT2D eigenvalue weighted by Gasteiger charge is -2.11. The summed E-state index contributed by atoms with van der Waals surface area (Å²) in [4.78, 5) is 10.2. The van der Waals surface area contributed by atoms with E-state index in [0.717, 1.165) is 5.56 Å². The van der Waals surface area contributed by atoms with Crippen LogP contribution in [0.2, 0.25) is 0 Å². The summed E-state index contributed by atoms with van der Waals surface area (Å²) in [7, 11) is 1.60. The lowest BCUT2D eigenvalue weighted by atomic mass is 10.2. The number of anilines is 1. The van der Waals surface area contributed by atoms with Gasteiger partial charge >= 0.3 is 0 Å². The van der Waals surface area contributed by atoms with E-state index in [4.69, 9.17) is 17.0 Å². The average molecular weight is 269 g/mol. The second kappa shape index (κ2) is 6.87. The van der Waals surface area contributed by atoms with E-state index >= 15 is 0 Å². The Hall–Kier alpha value is -1.73. The zero-order chi connectivity index (χ0) is 13.5. The molecule has 1 aromatic carbocycles. The number of nitrogens with zero attached hydrogens (tertiary/aromatic N) is 1. The SMILES string of the molecule is COCCNC(=S)Nc1cc([N+](=O)[O-])ccc1C. The molecule has 0 saturated carbocycles. The Morgan fingerprint density at radius 3 is 2.89 bits per heavy atom. The van der Waals surface area contributed by atoms with Crippen LogP contribution in [0.25, 0.3) is 0 Å². The number of benzene rings is 1. The molecule has 0 aliphatic carbocycles. The minimum atomic E-state index is -0.438. The predicted octanol–water partition coefficient (Wildman–Crippen LogP) is 1.84. The molecule has 1 rings (SSSR count). The van der Waals surface area contributed by atoms with E-state index in [0.29, 0.717) is 24.0 Å². The number of nitro groups is 1. The number of thiocarbonyl (C=S) groups is 1. The fourth-order valence-corrected chi connectivity index (χ4v) is 1.50. The highest BCUT2D eigenvalue weighted by atomic mass is 32.1. The minimum absolute atomic E-state index is 0.0304. The molecular formula is C11H15N3O3S. The Bertz CT molecular complexity index is 451. The highest BCUT2D eigenvalue weighted by molar-refractivity contribution is 7.80. The van der Waals surface area contributed by atoms with E-state index in [-0.39, 0.29) is 5.69 Å². The van der Waals surface area contributed by atoms with Crippen LogP contribution in [0.1, 0.15) is 5.56 Å². The molecule has 0 bridgehead atoms. The van der Waals surface area contributed by atoms with Crippen LogP contribution in [0, 0.1) is 17.0 Å². The van der Waals surface area contributed by atoms with Gasteiger partial charge < -0.3 is 15.4 Å². The van der Waals surface area contributed by atoms with E-state index in [1.54, 1.807) is 13.2 Å². The van der Waals surface area contributed by atoms with Crippen molar-refractivity contribution < 1.29 is 9.66 Å². The van der Waals surface area contributed by atoms with E-state index in [9.17, 15) is 10.1 Å². The Balaban J connectivity index is 2.68. The third-order valence-corrected chi connectivity index (χ3v) is 2.52. The van der Waals surface area contributed by atoms with Crippen molar-refractivity contribution in [2.45, 2.75) is 6.92 Å². The van der Waals surface area contributed by atoms with E-state index < -0.39 is 4.92 Å². The van der Waals surface area contributed by atoms with Crippen LogP contribution in [-0.2, 0) is 4.74 Å². The molecule has 0 aliphatic rings. The quantitative estimate of drug-likeness (QED) is 0.367. The van der Waals surface area contributed by atoms with Crippen LogP contribution >= 0.6 is 12.2 Å². The molecule has 6 nitrogen and oxygen atoms in total. The van der Waals surface area contributed by atoms with Crippen molar-refractivity contribution in [2.75, 3.05) is 25.6 Å². The third-order valence-electron chi connectivity index (χ3n) is 2.27. The first kappa shape index (κ1) is 14.3. The van der Waals surface area contributed by atoms with Gasteiger partial charge in [-0.05, 0) is 24.7 Å². The first-order valence-corrected chi connectivity index (χ1v) is 5.74. The standard InChI is InChI=1S/C11H15N3O3S/c1-8-3-4-9(14(15)16)7-10(8)13-11(18)12-5-6-17-2/h3-4,7H,5-6H2,1-2H3,(H2,12,13,18). The number of ether oxygens (including phenoxy) is 1. The van der Waals surface area contributed by atoms with Gasteiger partial charge in [0.2, 0.25) is 0 Å². The molecule has 0 fully saturated rings. The number of nitrogens with one attached hydrogen (secondary N) is 2. The number of non-ortho nitro benzene ring substituents is 1. The van der Waals surface area contributed by atoms with E-state index in [1.807, 2.05) is 6.92 Å². The lowest BCUT2D eigenvalue weighted by Crippen LogP contribution is -2.31. The van der Waals surface area contributed by atoms with Gasteiger partial charge in [0.1, 0.15) is 0 Å². The van der Waals surface area contributed by atoms with Gasteiger partial charge in [-0.3, -0.25) is 10.1 Å². The number of hydrogen-bond acceptors (Lipinski definition) is 4. The zero-order valence-electron chi connectivity index (χ0n) is 10.2. The summed E-state index contributed by atoms with van der Waals surface area (Å²) in [5, 5.41) is 16.9. The number of methoxy groups -OCH3 is 1. The van der Waals surface area contributed by atoms with Gasteiger partial charge in [-0.15, -0.1) is 0 Å². The Morgan fingerprint density at radius 1 is 1.56 bits per heavy atom. The number of rotatable bonds is 5. The summed E-state index contributed by atoms with van der Waals surface area (Å²) in [5.41, 5.74) is 1.54. The van der Waals surface area contributed by atoms with Crippen molar-refractivity contribution in [3.63, 3.8) is 0 Å². The largest absolute Gasteiger partial charge is 0.383 e. The molecule has 0 atom stereocenters.